The molecule has 0 spiro atoms. The van der Waals surface area contributed by atoms with Gasteiger partial charge < -0.3 is 9.64 Å². The van der Waals surface area contributed by atoms with Gasteiger partial charge in [-0.2, -0.15) is 5.10 Å². The number of ether oxygens (including phenoxy) is 1. The van der Waals surface area contributed by atoms with Gasteiger partial charge in [-0.15, -0.1) is 0 Å². The normalized spacial score (nSPS) is 13.5. The lowest BCUT2D eigenvalue weighted by atomic mass is 10.2. The first-order valence-electron chi connectivity index (χ1n) is 10.5. The summed E-state index contributed by atoms with van der Waals surface area (Å²) in [4.78, 5) is 36.4. The summed E-state index contributed by atoms with van der Waals surface area (Å²) in [7, 11) is 1.85. The van der Waals surface area contributed by atoms with Crippen molar-refractivity contribution < 1.29 is 14.3 Å². The summed E-state index contributed by atoms with van der Waals surface area (Å²) < 4.78 is 7.78. The van der Waals surface area contributed by atoms with Gasteiger partial charge in [0.2, 0.25) is 0 Å². The number of carbonyl (C=O) groups excluding carboxylic acids is 2. The highest BCUT2D eigenvalue weighted by atomic mass is 16.5. The van der Waals surface area contributed by atoms with Crippen molar-refractivity contribution in [3.05, 3.63) is 48.5 Å². The van der Waals surface area contributed by atoms with Crippen LogP contribution in [0.5, 0.6) is 11.5 Å². The second-order valence-electron chi connectivity index (χ2n) is 7.32. The summed E-state index contributed by atoms with van der Waals surface area (Å²) in [6.07, 6.45) is 5.91. The maximum Gasteiger partial charge on any atom is 0.331 e. The molecule has 4 rings (SSSR count). The zero-order valence-electron chi connectivity index (χ0n) is 18.3. The van der Waals surface area contributed by atoms with Crippen molar-refractivity contribution in [2.24, 2.45) is 7.05 Å². The fraction of sp³-hybridized carbons (Fsp3) is 0.318. The van der Waals surface area contributed by atoms with E-state index in [1.54, 1.807) is 40.2 Å². The van der Waals surface area contributed by atoms with Crippen molar-refractivity contribution in [1.29, 1.82) is 0 Å². The van der Waals surface area contributed by atoms with Crippen molar-refractivity contribution >= 4 is 17.9 Å². The second-order valence-corrected chi connectivity index (χ2v) is 7.32. The molecule has 1 aliphatic heterocycles. The average molecular weight is 435 g/mol. The molecule has 10 heteroatoms. The molecular weight excluding hydrogens is 410 g/mol. The quantitative estimate of drug-likeness (QED) is 0.635. The predicted molar refractivity (Wildman–Crippen MR) is 118 cm³/mol. The molecule has 0 radical (unpaired) electrons. The lowest BCUT2D eigenvalue weighted by molar-refractivity contribution is 0.192. The van der Waals surface area contributed by atoms with Gasteiger partial charge in [0.05, 0.1) is 17.6 Å². The van der Waals surface area contributed by atoms with Gasteiger partial charge in [0.25, 0.3) is 0 Å². The number of rotatable bonds is 6. The van der Waals surface area contributed by atoms with Crippen molar-refractivity contribution in [3.8, 4) is 22.8 Å². The van der Waals surface area contributed by atoms with Gasteiger partial charge in [0, 0.05) is 50.7 Å². The summed E-state index contributed by atoms with van der Waals surface area (Å²) in [6, 6.07) is 6.26. The van der Waals surface area contributed by atoms with Crippen LogP contribution in [0, 0.1) is 0 Å². The first-order chi connectivity index (χ1) is 15.5. The number of carbonyl (C=O) groups is 2. The lowest BCUT2D eigenvalue weighted by Gasteiger charge is -2.17. The minimum Gasteiger partial charge on any atom is -0.455 e. The number of aromatic nitrogens is 4. The Labute approximate surface area is 185 Å². The molecule has 0 unspecified atom stereocenters. The highest BCUT2D eigenvalue weighted by molar-refractivity contribution is 6.01. The number of pyridine rings is 2. The Balaban J connectivity index is 1.48. The molecule has 0 saturated carbocycles. The van der Waals surface area contributed by atoms with Crippen LogP contribution in [0.1, 0.15) is 19.5 Å². The summed E-state index contributed by atoms with van der Waals surface area (Å²) in [5, 5.41) is 6.88. The third-order valence-corrected chi connectivity index (χ3v) is 5.18. The molecule has 4 heterocycles. The first kappa shape index (κ1) is 21.3. The topological polar surface area (TPSA) is 105 Å². The molecule has 4 amide bonds. The Bertz CT molecular complexity index is 1140. The summed E-state index contributed by atoms with van der Waals surface area (Å²) >= 11 is 0. The van der Waals surface area contributed by atoms with Gasteiger partial charge in [-0.05, 0) is 31.5 Å². The molecule has 1 saturated heterocycles. The Morgan fingerprint density at radius 2 is 2.06 bits per heavy atom. The van der Waals surface area contributed by atoms with E-state index < -0.39 is 6.03 Å². The zero-order valence-corrected chi connectivity index (χ0v) is 18.3. The van der Waals surface area contributed by atoms with E-state index in [1.807, 2.05) is 33.2 Å². The van der Waals surface area contributed by atoms with Gasteiger partial charge in [0.15, 0.2) is 0 Å². The van der Waals surface area contributed by atoms with Gasteiger partial charge in [-0.1, -0.05) is 6.92 Å². The van der Waals surface area contributed by atoms with Gasteiger partial charge in [0.1, 0.15) is 17.3 Å². The lowest BCUT2D eigenvalue weighted by Crippen LogP contribution is -2.39. The Hall–Kier alpha value is -3.95. The van der Waals surface area contributed by atoms with Gasteiger partial charge in [-0.25, -0.2) is 19.5 Å². The molecule has 0 atom stereocenters. The van der Waals surface area contributed by atoms with Gasteiger partial charge >= 0.3 is 12.1 Å². The van der Waals surface area contributed by atoms with E-state index >= 15 is 0 Å². The van der Waals surface area contributed by atoms with Crippen LogP contribution in [0.2, 0.25) is 0 Å². The largest absolute Gasteiger partial charge is 0.455 e. The van der Waals surface area contributed by atoms with Crippen molar-refractivity contribution in [2.45, 2.75) is 20.3 Å². The van der Waals surface area contributed by atoms with Gasteiger partial charge in [-0.3, -0.25) is 15.0 Å². The van der Waals surface area contributed by atoms with Crippen LogP contribution >= 0.6 is 0 Å². The minimum absolute atomic E-state index is 0.289. The highest BCUT2D eigenvalue weighted by Crippen LogP contribution is 2.28. The average Bonchev–Trinajstić information content (AvgIpc) is 3.40. The summed E-state index contributed by atoms with van der Waals surface area (Å²) in [5.41, 5.74) is 2.33. The standard InChI is InChI=1S/C22H25N7O3/c1-4-17-19(32-16-8-9-23-18(12-16)15-13-24-27(3)14-15)6-7-20(25-17)26-21(30)29-11-10-28(5-2)22(29)31/h6-9,12-14H,4-5,10-11H2,1-3H3,(H,25,26,30). The van der Waals surface area contributed by atoms with E-state index in [-0.39, 0.29) is 6.03 Å². The molecule has 3 aromatic heterocycles. The molecule has 1 aliphatic rings. The maximum absolute atomic E-state index is 12.5. The third-order valence-electron chi connectivity index (χ3n) is 5.18. The Morgan fingerprint density at radius 3 is 2.75 bits per heavy atom. The number of hydrogen-bond acceptors (Lipinski definition) is 6. The Morgan fingerprint density at radius 1 is 1.22 bits per heavy atom. The highest BCUT2D eigenvalue weighted by Gasteiger charge is 2.32. The van der Waals surface area contributed by atoms with Crippen LogP contribution in [0.3, 0.4) is 0 Å². The van der Waals surface area contributed by atoms with Crippen LogP contribution in [0.15, 0.2) is 42.9 Å². The fourth-order valence-electron chi connectivity index (χ4n) is 3.46. The number of hydrogen-bond donors (Lipinski definition) is 1. The van der Waals surface area contributed by atoms with E-state index in [4.69, 9.17) is 4.74 Å². The number of nitrogens with one attached hydrogen (secondary N) is 1. The third kappa shape index (κ3) is 4.39. The van der Waals surface area contributed by atoms with E-state index in [0.29, 0.717) is 49.1 Å². The molecule has 0 bridgehead atoms. The number of likely N-dealkylation sites (N-methyl/N-ethyl adjacent to an activating group) is 1. The first-order valence-corrected chi connectivity index (χ1v) is 10.5. The molecule has 1 fully saturated rings. The number of amides is 4. The zero-order chi connectivity index (χ0) is 22.7. The summed E-state index contributed by atoms with van der Waals surface area (Å²) in [5.74, 6) is 1.57. The van der Waals surface area contributed by atoms with E-state index in [1.165, 1.54) is 4.90 Å². The maximum atomic E-state index is 12.5. The smallest absolute Gasteiger partial charge is 0.331 e. The number of anilines is 1. The van der Waals surface area contributed by atoms with Crippen molar-refractivity contribution in [2.75, 3.05) is 25.0 Å². The minimum atomic E-state index is -0.482. The molecule has 166 valence electrons. The van der Waals surface area contributed by atoms with E-state index in [0.717, 1.165) is 11.3 Å². The van der Waals surface area contributed by atoms with Crippen molar-refractivity contribution in [1.82, 2.24) is 29.5 Å². The van der Waals surface area contributed by atoms with Crippen LogP contribution in [-0.2, 0) is 13.5 Å². The monoisotopic (exact) mass is 435 g/mol. The van der Waals surface area contributed by atoms with Crippen LogP contribution < -0.4 is 10.1 Å². The van der Waals surface area contributed by atoms with Crippen LogP contribution in [-0.4, -0.2) is 61.2 Å². The van der Waals surface area contributed by atoms with E-state index in [2.05, 4.69) is 20.4 Å². The molecule has 10 nitrogen and oxygen atoms in total. The number of nitrogens with zero attached hydrogens (tertiary/aromatic N) is 6. The summed E-state index contributed by atoms with van der Waals surface area (Å²) in [6.45, 7) is 5.31. The number of urea groups is 2. The molecule has 0 aromatic carbocycles. The van der Waals surface area contributed by atoms with Crippen LogP contribution in [0.4, 0.5) is 15.4 Å². The van der Waals surface area contributed by atoms with Crippen LogP contribution in [0.25, 0.3) is 11.3 Å². The SMILES string of the molecule is CCc1nc(NC(=O)N2CCN(CC)C2=O)ccc1Oc1ccnc(-c2cnn(C)c2)c1. The molecule has 1 N–H and O–H groups in total. The Kier molecular flexibility index (Phi) is 6.02. The molecule has 32 heavy (non-hydrogen) atoms. The fourth-order valence-corrected chi connectivity index (χ4v) is 3.46. The van der Waals surface area contributed by atoms with E-state index in [9.17, 15) is 9.59 Å². The number of imide groups is 1. The molecule has 3 aromatic rings. The predicted octanol–water partition coefficient (Wildman–Crippen LogP) is 3.52. The second kappa shape index (κ2) is 9.04. The molecular formula is C22H25N7O3. The molecule has 0 aliphatic carbocycles. The van der Waals surface area contributed by atoms with Crippen molar-refractivity contribution in [3.63, 3.8) is 0 Å². The number of aryl methyl sites for hydroxylation is 2.